The van der Waals surface area contributed by atoms with Crippen molar-refractivity contribution in [2.45, 2.75) is 58.4 Å². The summed E-state index contributed by atoms with van der Waals surface area (Å²) in [6, 6.07) is 0.166. The molecule has 0 spiro atoms. The average Bonchev–Trinajstić information content (AvgIpc) is 2.45. The monoisotopic (exact) mass is 319 g/mol. The molecule has 1 rings (SSSR count). The fourth-order valence-corrected chi connectivity index (χ4v) is 4.35. The number of nitrogens with one attached hydrogen (secondary N) is 1. The SMILES string of the molecule is CCCNCCCN(C)S(=O)(=O)N(C)C1CCCC(C)C1. The lowest BCUT2D eigenvalue weighted by molar-refractivity contribution is 0.228. The molecular formula is C15H33N3O2S. The Kier molecular flexibility index (Phi) is 8.16. The van der Waals surface area contributed by atoms with Crippen molar-refractivity contribution in [1.29, 1.82) is 0 Å². The van der Waals surface area contributed by atoms with Crippen molar-refractivity contribution in [2.24, 2.45) is 5.92 Å². The highest BCUT2D eigenvalue weighted by Crippen LogP contribution is 2.28. The van der Waals surface area contributed by atoms with E-state index in [0.29, 0.717) is 12.5 Å². The first-order chi connectivity index (χ1) is 9.89. The van der Waals surface area contributed by atoms with Gasteiger partial charge in [0.1, 0.15) is 0 Å². The second kappa shape index (κ2) is 9.08. The summed E-state index contributed by atoms with van der Waals surface area (Å²) in [6.07, 6.45) is 6.30. The fourth-order valence-electron chi connectivity index (χ4n) is 2.98. The van der Waals surface area contributed by atoms with E-state index in [1.54, 1.807) is 18.4 Å². The van der Waals surface area contributed by atoms with Crippen molar-refractivity contribution < 1.29 is 8.42 Å². The van der Waals surface area contributed by atoms with Crippen LogP contribution in [0.1, 0.15) is 52.4 Å². The van der Waals surface area contributed by atoms with Crippen molar-refractivity contribution in [3.8, 4) is 0 Å². The Morgan fingerprint density at radius 2 is 1.90 bits per heavy atom. The molecule has 1 aliphatic carbocycles. The van der Waals surface area contributed by atoms with E-state index < -0.39 is 10.2 Å². The minimum atomic E-state index is -3.32. The van der Waals surface area contributed by atoms with Gasteiger partial charge in [-0.3, -0.25) is 0 Å². The van der Waals surface area contributed by atoms with Crippen molar-refractivity contribution in [2.75, 3.05) is 33.7 Å². The van der Waals surface area contributed by atoms with E-state index in [1.165, 1.54) is 10.7 Å². The summed E-state index contributed by atoms with van der Waals surface area (Å²) in [5.41, 5.74) is 0. The topological polar surface area (TPSA) is 52.7 Å². The van der Waals surface area contributed by atoms with Gasteiger partial charge in [-0.1, -0.05) is 26.7 Å². The second-order valence-electron chi connectivity index (χ2n) is 6.37. The van der Waals surface area contributed by atoms with Gasteiger partial charge in [-0.25, -0.2) is 0 Å². The molecule has 6 heteroatoms. The Bertz CT molecular complexity index is 386. The van der Waals surface area contributed by atoms with Gasteiger partial charge in [0.2, 0.25) is 0 Å². The van der Waals surface area contributed by atoms with Gasteiger partial charge in [0.25, 0.3) is 10.2 Å². The summed E-state index contributed by atoms with van der Waals surface area (Å²) in [5, 5.41) is 3.31. The Hall–Kier alpha value is -0.170. The van der Waals surface area contributed by atoms with Crippen LogP contribution in [0.15, 0.2) is 0 Å². The lowest BCUT2D eigenvalue weighted by Crippen LogP contribution is -2.46. The predicted octanol–water partition coefficient (Wildman–Crippen LogP) is 2.06. The van der Waals surface area contributed by atoms with Crippen molar-refractivity contribution >= 4 is 10.2 Å². The van der Waals surface area contributed by atoms with E-state index >= 15 is 0 Å². The quantitative estimate of drug-likeness (QED) is 0.662. The maximum absolute atomic E-state index is 12.6. The number of rotatable bonds is 9. The molecule has 0 amide bonds. The molecule has 2 atom stereocenters. The van der Waals surface area contributed by atoms with E-state index in [-0.39, 0.29) is 6.04 Å². The third-order valence-corrected chi connectivity index (χ3v) is 6.43. The lowest BCUT2D eigenvalue weighted by Gasteiger charge is -2.35. The molecule has 0 saturated heterocycles. The summed E-state index contributed by atoms with van der Waals surface area (Å²) >= 11 is 0. The molecule has 0 aromatic carbocycles. The molecule has 0 aromatic heterocycles. The Balaban J connectivity index is 2.46. The van der Waals surface area contributed by atoms with Gasteiger partial charge in [0, 0.05) is 26.7 Å². The van der Waals surface area contributed by atoms with Crippen LogP contribution in [0.2, 0.25) is 0 Å². The molecule has 0 bridgehead atoms. The van der Waals surface area contributed by atoms with Crippen LogP contribution < -0.4 is 5.32 Å². The second-order valence-corrected chi connectivity index (χ2v) is 8.47. The highest BCUT2D eigenvalue weighted by Gasteiger charge is 2.32. The Morgan fingerprint density at radius 1 is 1.19 bits per heavy atom. The number of hydrogen-bond acceptors (Lipinski definition) is 3. The normalized spacial score (nSPS) is 23.9. The molecule has 1 saturated carbocycles. The number of hydrogen-bond donors (Lipinski definition) is 1. The lowest BCUT2D eigenvalue weighted by atomic mass is 9.87. The first kappa shape index (κ1) is 18.9. The van der Waals surface area contributed by atoms with Gasteiger partial charge in [-0.05, 0) is 44.7 Å². The molecule has 0 aliphatic heterocycles. The van der Waals surface area contributed by atoms with E-state index in [4.69, 9.17) is 0 Å². The molecule has 5 nitrogen and oxygen atoms in total. The van der Waals surface area contributed by atoms with Crippen LogP contribution in [0.5, 0.6) is 0 Å². The third kappa shape index (κ3) is 5.85. The Morgan fingerprint density at radius 3 is 2.52 bits per heavy atom. The van der Waals surface area contributed by atoms with Gasteiger partial charge in [-0.2, -0.15) is 17.0 Å². The molecule has 0 heterocycles. The van der Waals surface area contributed by atoms with E-state index in [1.807, 2.05) is 0 Å². The van der Waals surface area contributed by atoms with Gasteiger partial charge < -0.3 is 5.32 Å². The summed E-state index contributed by atoms with van der Waals surface area (Å²) in [6.45, 7) is 6.79. The molecule has 1 fully saturated rings. The van der Waals surface area contributed by atoms with Crippen LogP contribution in [0.4, 0.5) is 0 Å². The molecule has 0 radical (unpaired) electrons. The minimum Gasteiger partial charge on any atom is -0.317 e. The van der Waals surface area contributed by atoms with Gasteiger partial charge >= 0.3 is 0 Å². The van der Waals surface area contributed by atoms with Crippen LogP contribution in [0, 0.1) is 5.92 Å². The molecule has 1 aliphatic rings. The maximum atomic E-state index is 12.6. The standard InChI is InChI=1S/C15H33N3O2S/c1-5-10-16-11-7-12-17(3)21(19,20)18(4)15-9-6-8-14(2)13-15/h14-16H,5-13H2,1-4H3. The zero-order chi connectivity index (χ0) is 15.9. The minimum absolute atomic E-state index is 0.166. The molecular weight excluding hydrogens is 286 g/mol. The number of nitrogens with zero attached hydrogens (tertiary/aromatic N) is 2. The molecule has 0 aromatic rings. The van der Waals surface area contributed by atoms with E-state index in [2.05, 4.69) is 19.2 Å². The fraction of sp³-hybridized carbons (Fsp3) is 1.00. The van der Waals surface area contributed by atoms with E-state index in [9.17, 15) is 8.42 Å². The Labute approximate surface area is 131 Å². The first-order valence-electron chi connectivity index (χ1n) is 8.29. The predicted molar refractivity (Wildman–Crippen MR) is 88.5 cm³/mol. The zero-order valence-electron chi connectivity index (χ0n) is 14.1. The van der Waals surface area contributed by atoms with Gasteiger partial charge in [0.05, 0.1) is 0 Å². The largest absolute Gasteiger partial charge is 0.317 e. The summed E-state index contributed by atoms with van der Waals surface area (Å²) in [5.74, 6) is 0.630. The first-order valence-corrected chi connectivity index (χ1v) is 9.69. The van der Waals surface area contributed by atoms with Crippen LogP contribution in [-0.4, -0.2) is 56.8 Å². The molecule has 1 N–H and O–H groups in total. The van der Waals surface area contributed by atoms with Crippen LogP contribution >= 0.6 is 0 Å². The molecule has 21 heavy (non-hydrogen) atoms. The molecule has 2 unspecified atom stereocenters. The highest BCUT2D eigenvalue weighted by atomic mass is 32.2. The van der Waals surface area contributed by atoms with Gasteiger partial charge in [-0.15, -0.1) is 0 Å². The smallest absolute Gasteiger partial charge is 0.281 e. The summed E-state index contributed by atoms with van der Waals surface area (Å²) in [4.78, 5) is 0. The maximum Gasteiger partial charge on any atom is 0.281 e. The van der Waals surface area contributed by atoms with Crippen molar-refractivity contribution in [1.82, 2.24) is 13.9 Å². The molecule has 126 valence electrons. The van der Waals surface area contributed by atoms with Crippen LogP contribution in [0.3, 0.4) is 0 Å². The highest BCUT2D eigenvalue weighted by molar-refractivity contribution is 7.86. The summed E-state index contributed by atoms with van der Waals surface area (Å²) < 4.78 is 28.3. The average molecular weight is 320 g/mol. The third-order valence-electron chi connectivity index (χ3n) is 4.43. The zero-order valence-corrected chi connectivity index (χ0v) is 15.0. The van der Waals surface area contributed by atoms with Crippen molar-refractivity contribution in [3.05, 3.63) is 0 Å². The van der Waals surface area contributed by atoms with E-state index in [0.717, 1.165) is 45.2 Å². The summed E-state index contributed by atoms with van der Waals surface area (Å²) in [7, 11) is 0.116. The van der Waals surface area contributed by atoms with Crippen LogP contribution in [0.25, 0.3) is 0 Å². The van der Waals surface area contributed by atoms with Crippen molar-refractivity contribution in [3.63, 3.8) is 0 Å². The van der Waals surface area contributed by atoms with Gasteiger partial charge in [0.15, 0.2) is 0 Å². The van der Waals surface area contributed by atoms with Crippen LogP contribution in [-0.2, 0) is 10.2 Å².